The molecule has 27 heavy (non-hydrogen) atoms. The third-order valence-electron chi connectivity index (χ3n) is 5.03. The molecule has 138 valence electrons. The van der Waals surface area contributed by atoms with Crippen LogP contribution in [0, 0.1) is 0 Å². The Hall–Kier alpha value is -2.76. The lowest BCUT2D eigenvalue weighted by Crippen LogP contribution is -2.42. The number of hydrogen-bond acceptors (Lipinski definition) is 4. The summed E-state index contributed by atoms with van der Waals surface area (Å²) in [5, 5.41) is 14.1. The highest BCUT2D eigenvalue weighted by Gasteiger charge is 2.19. The van der Waals surface area contributed by atoms with E-state index in [9.17, 15) is 9.90 Å². The van der Waals surface area contributed by atoms with Crippen molar-refractivity contribution < 1.29 is 9.90 Å². The standard InChI is InChI=1S/C22H23N3O2/c26-20(15-25-10-9-16-5-1-2-7-18(16)14-25)13-24-22(27)19-11-17-6-3-4-8-21(17)23-12-19/h1-8,11-12,20,26H,9-10,13-15H2,(H,24,27)/t20-/m0/s1. The third kappa shape index (κ3) is 4.15. The van der Waals surface area contributed by atoms with Crippen molar-refractivity contribution >= 4 is 16.8 Å². The third-order valence-corrected chi connectivity index (χ3v) is 5.03. The van der Waals surface area contributed by atoms with Crippen LogP contribution in [0.15, 0.2) is 60.8 Å². The molecular weight excluding hydrogens is 338 g/mol. The van der Waals surface area contributed by atoms with Gasteiger partial charge < -0.3 is 10.4 Å². The van der Waals surface area contributed by atoms with Crippen molar-refractivity contribution in [1.82, 2.24) is 15.2 Å². The van der Waals surface area contributed by atoms with Gasteiger partial charge in [0.05, 0.1) is 17.2 Å². The summed E-state index contributed by atoms with van der Waals surface area (Å²) in [6, 6.07) is 17.9. The first kappa shape index (κ1) is 17.6. The van der Waals surface area contributed by atoms with Crippen molar-refractivity contribution in [3.8, 4) is 0 Å². The van der Waals surface area contributed by atoms with E-state index in [-0.39, 0.29) is 12.5 Å². The van der Waals surface area contributed by atoms with Crippen molar-refractivity contribution in [1.29, 1.82) is 0 Å². The number of aromatic nitrogens is 1. The zero-order valence-electron chi connectivity index (χ0n) is 15.1. The van der Waals surface area contributed by atoms with E-state index in [4.69, 9.17) is 0 Å². The lowest BCUT2D eigenvalue weighted by Gasteiger charge is -2.30. The molecule has 0 saturated heterocycles. The Labute approximate surface area is 158 Å². The zero-order valence-corrected chi connectivity index (χ0v) is 15.1. The van der Waals surface area contributed by atoms with Crippen LogP contribution in [0.3, 0.4) is 0 Å². The molecule has 1 aliphatic heterocycles. The van der Waals surface area contributed by atoms with Crippen molar-refractivity contribution in [2.24, 2.45) is 0 Å². The van der Waals surface area contributed by atoms with Gasteiger partial charge in [-0.15, -0.1) is 0 Å². The number of pyridine rings is 1. The normalized spacial score (nSPS) is 15.3. The number of carbonyl (C=O) groups excluding carboxylic acids is 1. The largest absolute Gasteiger partial charge is 0.390 e. The summed E-state index contributed by atoms with van der Waals surface area (Å²) in [6.07, 6.45) is 1.97. The highest BCUT2D eigenvalue weighted by molar-refractivity contribution is 5.97. The number of amides is 1. The van der Waals surface area contributed by atoms with E-state index in [1.807, 2.05) is 30.3 Å². The molecular formula is C22H23N3O2. The van der Waals surface area contributed by atoms with E-state index < -0.39 is 6.10 Å². The summed E-state index contributed by atoms with van der Waals surface area (Å²) in [5.41, 5.74) is 4.08. The van der Waals surface area contributed by atoms with E-state index in [2.05, 4.69) is 39.5 Å². The molecule has 0 saturated carbocycles. The van der Waals surface area contributed by atoms with Crippen LogP contribution in [0.2, 0.25) is 0 Å². The zero-order chi connectivity index (χ0) is 18.6. The number of nitrogens with one attached hydrogen (secondary N) is 1. The number of carbonyl (C=O) groups is 1. The number of aliphatic hydroxyl groups excluding tert-OH is 1. The van der Waals surface area contributed by atoms with Crippen LogP contribution in [0.25, 0.3) is 10.9 Å². The van der Waals surface area contributed by atoms with Gasteiger partial charge in [-0.25, -0.2) is 0 Å². The average Bonchev–Trinajstić information content (AvgIpc) is 2.71. The lowest BCUT2D eigenvalue weighted by atomic mass is 10.00. The number of aliphatic hydroxyl groups is 1. The van der Waals surface area contributed by atoms with Gasteiger partial charge in [0, 0.05) is 37.8 Å². The quantitative estimate of drug-likeness (QED) is 0.732. The maximum atomic E-state index is 12.4. The molecule has 0 spiro atoms. The summed E-state index contributed by atoms with van der Waals surface area (Å²) in [6.45, 7) is 2.54. The van der Waals surface area contributed by atoms with Crippen LogP contribution in [0.4, 0.5) is 0 Å². The molecule has 5 nitrogen and oxygen atoms in total. The molecule has 1 amide bonds. The van der Waals surface area contributed by atoms with Gasteiger partial charge in [-0.3, -0.25) is 14.7 Å². The van der Waals surface area contributed by atoms with Crippen LogP contribution < -0.4 is 5.32 Å². The summed E-state index contributed by atoms with van der Waals surface area (Å²) >= 11 is 0. The fourth-order valence-corrected chi connectivity index (χ4v) is 3.58. The molecule has 0 aliphatic carbocycles. The second-order valence-electron chi connectivity index (χ2n) is 7.03. The van der Waals surface area contributed by atoms with Gasteiger partial charge in [0.25, 0.3) is 5.91 Å². The van der Waals surface area contributed by atoms with Gasteiger partial charge in [0.1, 0.15) is 0 Å². The Morgan fingerprint density at radius 2 is 1.93 bits per heavy atom. The maximum absolute atomic E-state index is 12.4. The Bertz CT molecular complexity index is 957. The summed E-state index contributed by atoms with van der Waals surface area (Å²) in [7, 11) is 0. The smallest absolute Gasteiger partial charge is 0.252 e. The Morgan fingerprint density at radius 1 is 1.15 bits per heavy atom. The second kappa shape index (κ2) is 7.86. The summed E-state index contributed by atoms with van der Waals surface area (Å²) in [4.78, 5) is 18.9. The molecule has 3 aromatic rings. The number of β-amino-alcohol motifs (C(OH)–C–C–N with tert-alkyl or cyclic N) is 1. The molecule has 4 rings (SSSR count). The Morgan fingerprint density at radius 3 is 2.81 bits per heavy atom. The number of rotatable bonds is 5. The van der Waals surface area contributed by atoms with Gasteiger partial charge >= 0.3 is 0 Å². The minimum atomic E-state index is -0.604. The number of nitrogens with zero attached hydrogens (tertiary/aromatic N) is 2. The topological polar surface area (TPSA) is 65.5 Å². The lowest BCUT2D eigenvalue weighted by molar-refractivity contribution is 0.0841. The van der Waals surface area contributed by atoms with Crippen LogP contribution in [0.5, 0.6) is 0 Å². The van der Waals surface area contributed by atoms with Crippen molar-refractivity contribution in [2.45, 2.75) is 19.1 Å². The summed E-state index contributed by atoms with van der Waals surface area (Å²) < 4.78 is 0. The molecule has 0 radical (unpaired) electrons. The van der Waals surface area contributed by atoms with E-state index >= 15 is 0 Å². The molecule has 2 N–H and O–H groups in total. The van der Waals surface area contributed by atoms with Gasteiger partial charge in [0.15, 0.2) is 0 Å². The molecule has 5 heteroatoms. The van der Waals surface area contributed by atoms with Crippen molar-refractivity contribution in [3.05, 3.63) is 77.5 Å². The van der Waals surface area contributed by atoms with Gasteiger partial charge in [-0.05, 0) is 29.7 Å². The second-order valence-corrected chi connectivity index (χ2v) is 7.03. The first-order valence-corrected chi connectivity index (χ1v) is 9.29. The minimum Gasteiger partial charge on any atom is -0.390 e. The maximum Gasteiger partial charge on any atom is 0.252 e. The number of hydrogen-bond donors (Lipinski definition) is 2. The van der Waals surface area contributed by atoms with Crippen LogP contribution >= 0.6 is 0 Å². The highest BCUT2D eigenvalue weighted by Crippen LogP contribution is 2.18. The molecule has 0 unspecified atom stereocenters. The molecule has 2 heterocycles. The first-order valence-electron chi connectivity index (χ1n) is 9.29. The minimum absolute atomic E-state index is 0.212. The van der Waals surface area contributed by atoms with E-state index in [0.717, 1.165) is 30.4 Å². The van der Waals surface area contributed by atoms with E-state index in [1.165, 1.54) is 11.1 Å². The molecule has 0 fully saturated rings. The number of fused-ring (bicyclic) bond motifs is 2. The van der Waals surface area contributed by atoms with Crippen LogP contribution in [-0.4, -0.2) is 46.6 Å². The van der Waals surface area contributed by atoms with Crippen molar-refractivity contribution in [3.63, 3.8) is 0 Å². The monoisotopic (exact) mass is 361 g/mol. The van der Waals surface area contributed by atoms with Crippen LogP contribution in [-0.2, 0) is 13.0 Å². The fourth-order valence-electron chi connectivity index (χ4n) is 3.58. The highest BCUT2D eigenvalue weighted by atomic mass is 16.3. The average molecular weight is 361 g/mol. The van der Waals surface area contributed by atoms with Crippen LogP contribution in [0.1, 0.15) is 21.5 Å². The number of para-hydroxylation sites is 1. The first-order chi connectivity index (χ1) is 13.2. The molecule has 2 aromatic carbocycles. The van der Waals surface area contributed by atoms with Crippen molar-refractivity contribution in [2.75, 3.05) is 19.6 Å². The Kier molecular flexibility index (Phi) is 5.14. The fraction of sp³-hybridized carbons (Fsp3) is 0.273. The SMILES string of the molecule is O=C(NC[C@H](O)CN1CCc2ccccc2C1)c1cnc2ccccc2c1. The molecule has 1 atom stereocenters. The van der Waals surface area contributed by atoms with E-state index in [1.54, 1.807) is 6.20 Å². The molecule has 1 aliphatic rings. The molecule has 1 aromatic heterocycles. The summed E-state index contributed by atoms with van der Waals surface area (Å²) in [5.74, 6) is -0.212. The molecule has 0 bridgehead atoms. The van der Waals surface area contributed by atoms with E-state index in [0.29, 0.717) is 12.1 Å². The number of benzene rings is 2. The predicted octanol–water partition coefficient (Wildman–Crippen LogP) is 2.38. The predicted molar refractivity (Wildman–Crippen MR) is 106 cm³/mol. The Balaban J connectivity index is 1.31. The van der Waals surface area contributed by atoms with Gasteiger partial charge in [-0.2, -0.15) is 0 Å². The van der Waals surface area contributed by atoms with Gasteiger partial charge in [-0.1, -0.05) is 42.5 Å². The van der Waals surface area contributed by atoms with Gasteiger partial charge in [0.2, 0.25) is 0 Å².